The van der Waals surface area contributed by atoms with Crippen LogP contribution in [0.3, 0.4) is 0 Å². The van der Waals surface area contributed by atoms with Gasteiger partial charge in [-0.15, -0.1) is 0 Å². The number of nitrogens with zero attached hydrogens (tertiary/aromatic N) is 4. The van der Waals surface area contributed by atoms with E-state index in [9.17, 15) is 10.1 Å². The van der Waals surface area contributed by atoms with Crippen molar-refractivity contribution >= 4 is 40.7 Å². The van der Waals surface area contributed by atoms with Crippen molar-refractivity contribution in [1.82, 2.24) is 9.88 Å². The predicted octanol–water partition coefficient (Wildman–Crippen LogP) is 5.66. The van der Waals surface area contributed by atoms with Crippen LogP contribution >= 0.6 is 23.2 Å². The van der Waals surface area contributed by atoms with Crippen LogP contribution in [0.4, 0.5) is 16.3 Å². The van der Waals surface area contributed by atoms with E-state index >= 15 is 0 Å². The molecule has 2 aliphatic heterocycles. The molecule has 1 aromatic heterocycles. The van der Waals surface area contributed by atoms with Crippen LogP contribution < -0.4 is 10.2 Å². The van der Waals surface area contributed by atoms with E-state index < -0.39 is 0 Å². The number of nitrogens with one attached hydrogen (secondary N) is 1. The summed E-state index contributed by atoms with van der Waals surface area (Å²) < 4.78 is 6.07. The minimum Gasteiger partial charge on any atom is -0.370 e. The number of carbonyl (C=O) groups excluding carboxylic acids is 1. The number of urea groups is 1. The Morgan fingerprint density at radius 1 is 1.20 bits per heavy atom. The molecule has 9 heteroatoms. The average Bonchev–Trinajstić information content (AvgIpc) is 2.80. The van der Waals surface area contributed by atoms with Crippen LogP contribution in [0.15, 0.2) is 18.2 Å². The quantitative estimate of drug-likeness (QED) is 0.567. The summed E-state index contributed by atoms with van der Waals surface area (Å²) in [6, 6.07) is 7.26. The van der Waals surface area contributed by atoms with Gasteiger partial charge >= 0.3 is 6.03 Å². The molecule has 1 saturated heterocycles. The zero-order valence-electron chi connectivity index (χ0n) is 20.6. The molecule has 0 spiro atoms. The Morgan fingerprint density at radius 3 is 2.54 bits per heavy atom. The number of nitriles is 1. The number of benzene rings is 1. The number of amides is 2. The number of anilines is 2. The van der Waals surface area contributed by atoms with Crippen molar-refractivity contribution in [3.8, 4) is 6.07 Å². The molecule has 0 aliphatic carbocycles. The Morgan fingerprint density at radius 2 is 1.91 bits per heavy atom. The molecule has 0 saturated carbocycles. The maximum absolute atomic E-state index is 12.8. The van der Waals surface area contributed by atoms with Gasteiger partial charge in [-0.2, -0.15) is 5.26 Å². The van der Waals surface area contributed by atoms with Gasteiger partial charge in [-0.3, -0.25) is 0 Å². The SMILES string of the molecule is CC(C)Cc1nc(N2CCN(C(=O)Nc3ccc(Cl)c(Cl)c3)CC2)c(C#N)c2c1COC(C)(C)C2. The minimum atomic E-state index is -0.326. The summed E-state index contributed by atoms with van der Waals surface area (Å²) in [7, 11) is 0. The molecule has 2 aromatic rings. The van der Waals surface area contributed by atoms with Gasteiger partial charge in [0.25, 0.3) is 0 Å². The fourth-order valence-corrected chi connectivity index (χ4v) is 4.92. The molecule has 186 valence electrons. The standard InChI is InChI=1S/C26H31Cl2N5O2/c1-16(2)11-23-20-15-35-26(3,4)13-18(20)19(14-29)24(31-23)32-7-9-33(10-8-32)25(34)30-17-5-6-21(27)22(28)12-17/h5-6,12,16H,7-11,13,15H2,1-4H3,(H,30,34). The van der Waals surface area contributed by atoms with Crippen molar-refractivity contribution in [3.63, 3.8) is 0 Å². The molecule has 2 aliphatic rings. The highest BCUT2D eigenvalue weighted by molar-refractivity contribution is 6.42. The molecule has 35 heavy (non-hydrogen) atoms. The number of hydrogen-bond donors (Lipinski definition) is 1. The molecule has 1 aromatic carbocycles. The molecular formula is C26H31Cl2N5O2. The van der Waals surface area contributed by atoms with E-state index in [4.69, 9.17) is 32.9 Å². The van der Waals surface area contributed by atoms with E-state index in [2.05, 4.69) is 44.0 Å². The van der Waals surface area contributed by atoms with Crippen LogP contribution in [0.25, 0.3) is 0 Å². The van der Waals surface area contributed by atoms with Crippen molar-refractivity contribution in [3.05, 3.63) is 50.6 Å². The number of hydrogen-bond acceptors (Lipinski definition) is 5. The fourth-order valence-electron chi connectivity index (χ4n) is 4.62. The molecule has 0 bridgehead atoms. The summed E-state index contributed by atoms with van der Waals surface area (Å²) in [5, 5.41) is 13.9. The lowest BCUT2D eigenvalue weighted by molar-refractivity contribution is -0.0407. The van der Waals surface area contributed by atoms with E-state index in [1.54, 1.807) is 23.1 Å². The van der Waals surface area contributed by atoms with Gasteiger partial charge in [0.1, 0.15) is 11.9 Å². The highest BCUT2D eigenvalue weighted by Crippen LogP contribution is 2.36. The van der Waals surface area contributed by atoms with Crippen LogP contribution in [0.2, 0.25) is 10.0 Å². The topological polar surface area (TPSA) is 81.5 Å². The zero-order chi connectivity index (χ0) is 25.3. The molecule has 0 atom stereocenters. The van der Waals surface area contributed by atoms with Gasteiger partial charge in [0.15, 0.2) is 0 Å². The van der Waals surface area contributed by atoms with Crippen molar-refractivity contribution in [2.45, 2.75) is 52.7 Å². The van der Waals surface area contributed by atoms with Gasteiger partial charge in [0, 0.05) is 49.5 Å². The van der Waals surface area contributed by atoms with Crippen LogP contribution in [0.5, 0.6) is 0 Å². The molecule has 0 unspecified atom stereocenters. The third-order valence-corrected chi connectivity index (χ3v) is 7.18. The highest BCUT2D eigenvalue weighted by Gasteiger charge is 2.33. The Hall–Kier alpha value is -2.53. The van der Waals surface area contributed by atoms with Gasteiger partial charge < -0.3 is 19.9 Å². The number of fused-ring (bicyclic) bond motifs is 1. The second-order valence-electron chi connectivity index (χ2n) is 10.2. The number of carbonyl (C=O) groups is 1. The second kappa shape index (κ2) is 10.2. The predicted molar refractivity (Wildman–Crippen MR) is 139 cm³/mol. The Bertz CT molecular complexity index is 1170. The minimum absolute atomic E-state index is 0.193. The summed E-state index contributed by atoms with van der Waals surface area (Å²) in [5.74, 6) is 1.16. The number of pyridine rings is 1. The average molecular weight is 516 g/mol. The van der Waals surface area contributed by atoms with E-state index in [1.807, 2.05) is 0 Å². The molecule has 2 amide bonds. The normalized spacial score (nSPS) is 17.2. The van der Waals surface area contributed by atoms with Crippen molar-refractivity contribution in [1.29, 1.82) is 5.26 Å². The molecule has 0 radical (unpaired) electrons. The first kappa shape index (κ1) is 25.6. The van der Waals surface area contributed by atoms with E-state index in [0.717, 1.165) is 29.1 Å². The van der Waals surface area contributed by atoms with Crippen LogP contribution in [0.1, 0.15) is 50.1 Å². The van der Waals surface area contributed by atoms with Crippen LogP contribution in [0, 0.1) is 17.2 Å². The maximum Gasteiger partial charge on any atom is 0.321 e. The number of halogens is 2. The first-order valence-electron chi connectivity index (χ1n) is 11.9. The summed E-state index contributed by atoms with van der Waals surface area (Å²) in [6.45, 7) is 11.2. The second-order valence-corrected chi connectivity index (χ2v) is 11.0. The van der Waals surface area contributed by atoms with Gasteiger partial charge in [0.05, 0.1) is 27.8 Å². The number of ether oxygens (including phenoxy) is 1. The van der Waals surface area contributed by atoms with Crippen molar-refractivity contribution in [2.24, 2.45) is 5.92 Å². The van der Waals surface area contributed by atoms with E-state index in [1.165, 1.54) is 0 Å². The smallest absolute Gasteiger partial charge is 0.321 e. The Labute approximate surface area is 217 Å². The summed E-state index contributed by atoms with van der Waals surface area (Å²) in [5.41, 5.74) is 4.05. The fraction of sp³-hybridized carbons (Fsp3) is 0.500. The highest BCUT2D eigenvalue weighted by atomic mass is 35.5. The summed E-state index contributed by atoms with van der Waals surface area (Å²) >= 11 is 12.0. The van der Waals surface area contributed by atoms with E-state index in [0.29, 0.717) is 66.4 Å². The van der Waals surface area contributed by atoms with Gasteiger partial charge in [0.2, 0.25) is 0 Å². The van der Waals surface area contributed by atoms with Gasteiger partial charge in [-0.05, 0) is 49.9 Å². The molecular weight excluding hydrogens is 485 g/mol. The van der Waals surface area contributed by atoms with Crippen LogP contribution in [-0.4, -0.2) is 47.7 Å². The maximum atomic E-state index is 12.8. The molecule has 7 nitrogen and oxygen atoms in total. The third kappa shape index (κ3) is 5.66. The van der Waals surface area contributed by atoms with Gasteiger partial charge in [-0.1, -0.05) is 37.0 Å². The lowest BCUT2D eigenvalue weighted by atomic mass is 9.86. The van der Waals surface area contributed by atoms with Crippen molar-refractivity contribution in [2.75, 3.05) is 36.4 Å². The van der Waals surface area contributed by atoms with Gasteiger partial charge in [-0.25, -0.2) is 9.78 Å². The first-order valence-corrected chi connectivity index (χ1v) is 12.7. The lowest BCUT2D eigenvalue weighted by Crippen LogP contribution is -2.50. The Kier molecular flexibility index (Phi) is 7.46. The molecule has 1 fully saturated rings. The largest absolute Gasteiger partial charge is 0.370 e. The molecule has 4 rings (SSSR count). The zero-order valence-corrected chi connectivity index (χ0v) is 22.1. The summed E-state index contributed by atoms with van der Waals surface area (Å²) in [6.07, 6.45) is 1.51. The van der Waals surface area contributed by atoms with Crippen LogP contribution in [-0.2, 0) is 24.2 Å². The van der Waals surface area contributed by atoms with Crippen molar-refractivity contribution < 1.29 is 9.53 Å². The number of aromatic nitrogens is 1. The third-order valence-electron chi connectivity index (χ3n) is 6.44. The Balaban J connectivity index is 1.54. The first-order chi connectivity index (χ1) is 16.6. The monoisotopic (exact) mass is 515 g/mol. The number of piperazine rings is 1. The molecule has 3 heterocycles. The van der Waals surface area contributed by atoms with E-state index in [-0.39, 0.29) is 11.6 Å². The number of rotatable bonds is 4. The lowest BCUT2D eigenvalue weighted by Gasteiger charge is -2.38. The molecule has 1 N–H and O–H groups in total. The summed E-state index contributed by atoms with van der Waals surface area (Å²) in [4.78, 5) is 21.7.